The highest BCUT2D eigenvalue weighted by Gasteiger charge is 2.25. The van der Waals surface area contributed by atoms with Crippen molar-refractivity contribution in [1.29, 1.82) is 0 Å². The number of amides is 2. The molecule has 2 aliphatic heterocycles. The van der Waals surface area contributed by atoms with Gasteiger partial charge in [-0.15, -0.1) is 0 Å². The molecule has 0 radical (unpaired) electrons. The number of hydrogen-bond donors (Lipinski definition) is 1. The van der Waals surface area contributed by atoms with E-state index >= 15 is 0 Å². The number of carbonyl (C=O) groups is 2. The molecule has 1 aromatic carbocycles. The van der Waals surface area contributed by atoms with Crippen LogP contribution in [0.3, 0.4) is 0 Å². The monoisotopic (exact) mass is 405 g/mol. The smallest absolute Gasteiger partial charge is 0.414 e. The predicted octanol–water partition coefficient (Wildman–Crippen LogP) is 3.43. The number of hydrogen-bond acceptors (Lipinski definition) is 5. The molecule has 2 fully saturated rings. The van der Waals surface area contributed by atoms with Gasteiger partial charge in [-0.1, -0.05) is 20.8 Å². The van der Waals surface area contributed by atoms with Gasteiger partial charge in [0.2, 0.25) is 0 Å². The lowest BCUT2D eigenvalue weighted by molar-refractivity contribution is -0.125. The highest BCUT2D eigenvalue weighted by atomic mass is 16.6. The maximum Gasteiger partial charge on any atom is 0.414 e. The zero-order chi connectivity index (χ0) is 21.7. The topological polar surface area (TPSA) is 71.1 Å². The molecule has 2 heterocycles. The number of nitrogens with zero attached hydrogens (tertiary/aromatic N) is 2. The number of nitrogens with one attached hydrogen (secondary N) is 1. The van der Waals surface area contributed by atoms with Crippen molar-refractivity contribution in [2.45, 2.75) is 46.6 Å². The zero-order valence-corrected chi connectivity index (χ0v) is 18.6. The second-order valence-corrected chi connectivity index (χ2v) is 9.25. The highest BCUT2D eigenvalue weighted by molar-refractivity contribution is 5.95. The summed E-state index contributed by atoms with van der Waals surface area (Å²) in [4.78, 5) is 26.4. The SMILES string of the molecule is CNC(C)(C)CC(C)(C)C.O=C1COCCN1c1ccc(N2CCOC2=O)cc1. The van der Waals surface area contributed by atoms with Gasteiger partial charge in [-0.2, -0.15) is 0 Å². The Balaban J connectivity index is 0.000000257. The van der Waals surface area contributed by atoms with Crippen LogP contribution in [-0.4, -0.2) is 57.5 Å². The molecule has 0 aromatic heterocycles. The lowest BCUT2D eigenvalue weighted by atomic mass is 9.82. The molecule has 0 bridgehead atoms. The van der Waals surface area contributed by atoms with Gasteiger partial charge in [-0.3, -0.25) is 9.69 Å². The van der Waals surface area contributed by atoms with Crippen LogP contribution in [0.1, 0.15) is 41.0 Å². The zero-order valence-electron chi connectivity index (χ0n) is 18.6. The maximum absolute atomic E-state index is 11.7. The number of morpholine rings is 1. The lowest BCUT2D eigenvalue weighted by Gasteiger charge is -2.31. The van der Waals surface area contributed by atoms with E-state index < -0.39 is 0 Å². The van der Waals surface area contributed by atoms with E-state index in [-0.39, 0.29) is 24.1 Å². The Morgan fingerprint density at radius 3 is 1.90 bits per heavy atom. The van der Waals surface area contributed by atoms with Crippen LogP contribution >= 0.6 is 0 Å². The molecule has 162 valence electrons. The third-order valence-corrected chi connectivity index (χ3v) is 4.87. The molecule has 0 atom stereocenters. The Morgan fingerprint density at radius 1 is 0.931 bits per heavy atom. The number of benzene rings is 1. The number of carbonyl (C=O) groups excluding carboxylic acids is 2. The molecule has 0 saturated carbocycles. The summed E-state index contributed by atoms with van der Waals surface area (Å²) < 4.78 is 9.98. The van der Waals surface area contributed by atoms with Crippen LogP contribution in [0.4, 0.5) is 16.2 Å². The standard InChI is InChI=1S/C13H14N2O4.C9H21N/c16-12-9-18-7-5-14(12)10-1-3-11(4-2-10)15-6-8-19-13(15)17;1-8(2,3)7-9(4,5)10-6/h1-4H,5-9H2;10H,7H2,1-6H3. The molecule has 2 aliphatic rings. The van der Waals surface area contributed by atoms with Gasteiger partial charge in [0.1, 0.15) is 13.2 Å². The van der Waals surface area contributed by atoms with E-state index in [1.165, 1.54) is 6.42 Å². The number of ether oxygens (including phenoxy) is 2. The molecule has 3 rings (SSSR count). The molecule has 29 heavy (non-hydrogen) atoms. The molecule has 0 aliphatic carbocycles. The average molecular weight is 406 g/mol. The minimum Gasteiger partial charge on any atom is -0.447 e. The van der Waals surface area contributed by atoms with Crippen molar-refractivity contribution in [3.8, 4) is 0 Å². The van der Waals surface area contributed by atoms with Crippen LogP contribution < -0.4 is 15.1 Å². The van der Waals surface area contributed by atoms with E-state index in [9.17, 15) is 9.59 Å². The molecule has 0 unspecified atom stereocenters. The third-order valence-electron chi connectivity index (χ3n) is 4.87. The van der Waals surface area contributed by atoms with Crippen LogP contribution in [0.25, 0.3) is 0 Å². The van der Waals surface area contributed by atoms with Crippen molar-refractivity contribution in [1.82, 2.24) is 5.32 Å². The van der Waals surface area contributed by atoms with Gasteiger partial charge in [0.15, 0.2) is 0 Å². The first-order chi connectivity index (χ1) is 13.5. The summed E-state index contributed by atoms with van der Waals surface area (Å²) in [6.07, 6.45) is 0.881. The van der Waals surface area contributed by atoms with E-state index in [1.54, 1.807) is 9.80 Å². The summed E-state index contributed by atoms with van der Waals surface area (Å²) in [5, 5.41) is 3.30. The van der Waals surface area contributed by atoms with E-state index in [2.05, 4.69) is 39.9 Å². The summed E-state index contributed by atoms with van der Waals surface area (Å²) in [7, 11) is 2.02. The van der Waals surface area contributed by atoms with Crippen molar-refractivity contribution in [2.24, 2.45) is 5.41 Å². The van der Waals surface area contributed by atoms with Gasteiger partial charge in [0.25, 0.3) is 5.91 Å². The second kappa shape index (κ2) is 9.59. The molecule has 1 aromatic rings. The summed E-state index contributed by atoms with van der Waals surface area (Å²) in [6, 6.07) is 7.32. The van der Waals surface area contributed by atoms with Gasteiger partial charge in [-0.25, -0.2) is 4.79 Å². The van der Waals surface area contributed by atoms with Crippen LogP contribution in [0.15, 0.2) is 24.3 Å². The first-order valence-electron chi connectivity index (χ1n) is 10.1. The molecule has 7 heteroatoms. The summed E-state index contributed by atoms with van der Waals surface area (Å²) in [6.45, 7) is 13.5. The second-order valence-electron chi connectivity index (χ2n) is 9.25. The summed E-state index contributed by atoms with van der Waals surface area (Å²) >= 11 is 0. The Morgan fingerprint density at radius 2 is 1.48 bits per heavy atom. The first kappa shape index (κ1) is 23.2. The van der Waals surface area contributed by atoms with Crippen LogP contribution in [0.5, 0.6) is 0 Å². The van der Waals surface area contributed by atoms with E-state index in [0.717, 1.165) is 11.4 Å². The molecule has 2 saturated heterocycles. The summed E-state index contributed by atoms with van der Waals surface area (Å²) in [5.41, 5.74) is 2.31. The fraction of sp³-hybridized carbons (Fsp3) is 0.636. The third kappa shape index (κ3) is 7.01. The van der Waals surface area contributed by atoms with Gasteiger partial charge in [-0.05, 0) is 57.0 Å². The quantitative estimate of drug-likeness (QED) is 0.831. The molecular weight excluding hydrogens is 370 g/mol. The fourth-order valence-electron chi connectivity index (χ4n) is 3.65. The molecule has 2 amide bonds. The molecule has 0 spiro atoms. The van der Waals surface area contributed by atoms with Gasteiger partial charge in [0, 0.05) is 23.5 Å². The minimum atomic E-state index is -0.324. The van der Waals surface area contributed by atoms with Gasteiger partial charge >= 0.3 is 6.09 Å². The number of anilines is 2. The Hall–Kier alpha value is -2.12. The maximum atomic E-state index is 11.7. The van der Waals surface area contributed by atoms with Crippen molar-refractivity contribution in [3.63, 3.8) is 0 Å². The fourth-order valence-corrected chi connectivity index (χ4v) is 3.65. The van der Waals surface area contributed by atoms with Crippen molar-refractivity contribution >= 4 is 23.4 Å². The minimum absolute atomic E-state index is 0.0421. The molecule has 1 N–H and O–H groups in total. The Bertz CT molecular complexity index is 695. The molecule has 7 nitrogen and oxygen atoms in total. The van der Waals surface area contributed by atoms with E-state index in [0.29, 0.717) is 31.7 Å². The first-order valence-corrected chi connectivity index (χ1v) is 10.1. The van der Waals surface area contributed by atoms with Crippen LogP contribution in [-0.2, 0) is 14.3 Å². The number of cyclic esters (lactones) is 1. The van der Waals surface area contributed by atoms with Crippen LogP contribution in [0.2, 0.25) is 0 Å². The van der Waals surface area contributed by atoms with Crippen molar-refractivity contribution in [2.75, 3.05) is 49.8 Å². The van der Waals surface area contributed by atoms with E-state index in [4.69, 9.17) is 9.47 Å². The van der Waals surface area contributed by atoms with Crippen molar-refractivity contribution < 1.29 is 19.1 Å². The van der Waals surface area contributed by atoms with E-state index in [1.807, 2.05) is 31.3 Å². The normalized spacial score (nSPS) is 17.7. The Kier molecular flexibility index (Phi) is 7.66. The lowest BCUT2D eigenvalue weighted by Crippen LogP contribution is -2.41. The van der Waals surface area contributed by atoms with Gasteiger partial charge < -0.3 is 19.7 Å². The largest absolute Gasteiger partial charge is 0.447 e. The average Bonchev–Trinajstić information content (AvgIpc) is 3.07. The summed E-state index contributed by atoms with van der Waals surface area (Å²) in [5.74, 6) is -0.0421. The number of rotatable bonds is 4. The van der Waals surface area contributed by atoms with Crippen LogP contribution in [0, 0.1) is 5.41 Å². The predicted molar refractivity (Wildman–Crippen MR) is 116 cm³/mol. The van der Waals surface area contributed by atoms with Gasteiger partial charge in [0.05, 0.1) is 13.2 Å². The Labute approximate surface area is 174 Å². The highest BCUT2D eigenvalue weighted by Crippen LogP contribution is 2.26. The van der Waals surface area contributed by atoms with Crippen molar-refractivity contribution in [3.05, 3.63) is 24.3 Å². The molecular formula is C22H35N3O4.